The number of nitrogens with zero attached hydrogens (tertiary/aromatic N) is 3. The predicted molar refractivity (Wildman–Crippen MR) is 124 cm³/mol. The Bertz CT molecular complexity index is 1070. The molecule has 0 spiro atoms. The molecule has 3 aromatic rings. The molecule has 0 fully saturated rings. The number of hydrogen-bond donors (Lipinski definition) is 1. The highest BCUT2D eigenvalue weighted by atomic mass is 16.2. The van der Waals surface area contributed by atoms with Crippen molar-refractivity contribution in [3.05, 3.63) is 65.9 Å². The van der Waals surface area contributed by atoms with E-state index >= 15 is 0 Å². The first-order valence-corrected chi connectivity index (χ1v) is 10.6. The summed E-state index contributed by atoms with van der Waals surface area (Å²) in [5.74, 6) is 0.163. The molecule has 0 unspecified atom stereocenters. The first-order valence-electron chi connectivity index (χ1n) is 10.6. The lowest BCUT2D eigenvalue weighted by Crippen LogP contribution is -2.40. The zero-order valence-electron chi connectivity index (χ0n) is 18.8. The van der Waals surface area contributed by atoms with Crippen molar-refractivity contribution in [2.24, 2.45) is 5.92 Å². The summed E-state index contributed by atoms with van der Waals surface area (Å²) in [6, 6.07) is 17.8. The standard InChI is InChI=1S/C25H30N4O2/c1-6-28(25(31)17(2)3)16-22(30)26-24-23(20-13-8-7-9-14-20)19(5)27-29(24)21-15-11-10-12-18(21)4/h7-15,17H,6,16H2,1-5H3,(H,26,30). The van der Waals surface area contributed by atoms with Gasteiger partial charge < -0.3 is 10.2 Å². The summed E-state index contributed by atoms with van der Waals surface area (Å²) >= 11 is 0. The van der Waals surface area contributed by atoms with Gasteiger partial charge in [0.05, 0.1) is 17.9 Å². The fraction of sp³-hybridized carbons (Fsp3) is 0.320. The van der Waals surface area contributed by atoms with Crippen molar-refractivity contribution in [2.45, 2.75) is 34.6 Å². The molecule has 31 heavy (non-hydrogen) atoms. The Hall–Kier alpha value is -3.41. The number of likely N-dealkylation sites (N-methyl/N-ethyl adjacent to an activating group) is 1. The van der Waals surface area contributed by atoms with Crippen LogP contribution in [-0.2, 0) is 9.59 Å². The Balaban J connectivity index is 2.04. The molecule has 0 aliphatic carbocycles. The quantitative estimate of drug-likeness (QED) is 0.610. The zero-order chi connectivity index (χ0) is 22.5. The van der Waals surface area contributed by atoms with Crippen LogP contribution >= 0.6 is 0 Å². The summed E-state index contributed by atoms with van der Waals surface area (Å²) in [5, 5.41) is 7.81. The maximum absolute atomic E-state index is 13.0. The van der Waals surface area contributed by atoms with Gasteiger partial charge in [0, 0.05) is 18.0 Å². The van der Waals surface area contributed by atoms with Crippen LogP contribution in [0.15, 0.2) is 54.6 Å². The maximum atomic E-state index is 13.0. The zero-order valence-corrected chi connectivity index (χ0v) is 18.8. The second-order valence-corrected chi connectivity index (χ2v) is 7.93. The lowest BCUT2D eigenvalue weighted by molar-refractivity contribution is -0.137. The van der Waals surface area contributed by atoms with Crippen LogP contribution in [0.3, 0.4) is 0 Å². The van der Waals surface area contributed by atoms with Crippen LogP contribution in [0, 0.1) is 19.8 Å². The number of para-hydroxylation sites is 1. The minimum absolute atomic E-state index is 0.000255. The van der Waals surface area contributed by atoms with Crippen LogP contribution < -0.4 is 5.32 Å². The van der Waals surface area contributed by atoms with Gasteiger partial charge in [-0.3, -0.25) is 9.59 Å². The highest BCUT2D eigenvalue weighted by molar-refractivity contribution is 5.98. The fourth-order valence-electron chi connectivity index (χ4n) is 3.62. The number of carbonyl (C=O) groups is 2. The second kappa shape index (κ2) is 9.60. The van der Waals surface area contributed by atoms with Gasteiger partial charge in [0.2, 0.25) is 11.8 Å². The summed E-state index contributed by atoms with van der Waals surface area (Å²) in [4.78, 5) is 27.0. The molecule has 0 bridgehead atoms. The number of anilines is 1. The van der Waals surface area contributed by atoms with Crippen molar-refractivity contribution in [1.29, 1.82) is 0 Å². The SMILES string of the molecule is CCN(CC(=O)Nc1c(-c2ccccc2)c(C)nn1-c1ccccc1C)C(=O)C(C)C. The minimum Gasteiger partial charge on any atom is -0.333 e. The number of rotatable bonds is 7. The summed E-state index contributed by atoms with van der Waals surface area (Å²) in [5.41, 5.74) is 4.60. The molecule has 6 nitrogen and oxygen atoms in total. The van der Waals surface area contributed by atoms with E-state index in [1.165, 1.54) is 0 Å². The lowest BCUT2D eigenvalue weighted by atomic mass is 10.1. The topological polar surface area (TPSA) is 67.2 Å². The molecule has 162 valence electrons. The third-order valence-corrected chi connectivity index (χ3v) is 5.25. The summed E-state index contributed by atoms with van der Waals surface area (Å²) in [6.07, 6.45) is 0. The van der Waals surface area contributed by atoms with Crippen LogP contribution in [0.2, 0.25) is 0 Å². The highest BCUT2D eigenvalue weighted by Gasteiger charge is 2.23. The third-order valence-electron chi connectivity index (χ3n) is 5.25. The molecular weight excluding hydrogens is 388 g/mol. The van der Waals surface area contributed by atoms with Crippen molar-refractivity contribution in [3.8, 4) is 16.8 Å². The Morgan fingerprint density at radius 3 is 2.29 bits per heavy atom. The second-order valence-electron chi connectivity index (χ2n) is 7.93. The number of aryl methyl sites for hydroxylation is 2. The van der Waals surface area contributed by atoms with Crippen molar-refractivity contribution in [1.82, 2.24) is 14.7 Å². The molecule has 2 aromatic carbocycles. The van der Waals surface area contributed by atoms with Crippen molar-refractivity contribution < 1.29 is 9.59 Å². The van der Waals surface area contributed by atoms with Crippen LogP contribution in [0.4, 0.5) is 5.82 Å². The first kappa shape index (κ1) is 22.3. The highest BCUT2D eigenvalue weighted by Crippen LogP contribution is 2.34. The smallest absolute Gasteiger partial charge is 0.245 e. The first-order chi connectivity index (χ1) is 14.8. The van der Waals surface area contributed by atoms with E-state index in [2.05, 4.69) is 5.32 Å². The molecule has 6 heteroatoms. The number of nitrogens with one attached hydrogen (secondary N) is 1. The number of aromatic nitrogens is 2. The normalized spacial score (nSPS) is 10.9. The summed E-state index contributed by atoms with van der Waals surface area (Å²) in [6.45, 7) is 9.99. The van der Waals surface area contributed by atoms with E-state index in [4.69, 9.17) is 5.10 Å². The molecule has 2 amide bonds. The Morgan fingerprint density at radius 1 is 1.03 bits per heavy atom. The van der Waals surface area contributed by atoms with Gasteiger partial charge >= 0.3 is 0 Å². The largest absolute Gasteiger partial charge is 0.333 e. The van der Waals surface area contributed by atoms with Gasteiger partial charge in [0.25, 0.3) is 0 Å². The van der Waals surface area contributed by atoms with Crippen LogP contribution in [0.5, 0.6) is 0 Å². The van der Waals surface area contributed by atoms with Gasteiger partial charge in [-0.1, -0.05) is 62.4 Å². The van der Waals surface area contributed by atoms with Gasteiger partial charge in [-0.2, -0.15) is 5.10 Å². The van der Waals surface area contributed by atoms with E-state index in [9.17, 15) is 9.59 Å². The Kier molecular flexibility index (Phi) is 6.90. The maximum Gasteiger partial charge on any atom is 0.245 e. The predicted octanol–water partition coefficient (Wildman–Crippen LogP) is 4.60. The van der Waals surface area contributed by atoms with Crippen molar-refractivity contribution in [2.75, 3.05) is 18.4 Å². The third kappa shape index (κ3) is 4.85. The monoisotopic (exact) mass is 418 g/mol. The number of hydrogen-bond acceptors (Lipinski definition) is 3. The van der Waals surface area contributed by atoms with E-state index in [0.29, 0.717) is 12.4 Å². The van der Waals surface area contributed by atoms with Gasteiger partial charge in [-0.05, 0) is 38.0 Å². The summed E-state index contributed by atoms with van der Waals surface area (Å²) < 4.78 is 1.78. The fourth-order valence-corrected chi connectivity index (χ4v) is 3.62. The molecule has 1 aromatic heterocycles. The van der Waals surface area contributed by atoms with Crippen LogP contribution in [0.1, 0.15) is 32.0 Å². The van der Waals surface area contributed by atoms with E-state index in [1.807, 2.05) is 89.2 Å². The molecule has 3 rings (SSSR count). The number of amides is 2. The number of benzene rings is 2. The minimum atomic E-state index is -0.247. The van der Waals surface area contributed by atoms with Gasteiger partial charge in [-0.25, -0.2) is 4.68 Å². The average Bonchev–Trinajstić information content (AvgIpc) is 3.07. The van der Waals surface area contributed by atoms with E-state index in [1.54, 1.807) is 9.58 Å². The Labute approximate surface area is 183 Å². The molecule has 0 radical (unpaired) electrons. The summed E-state index contributed by atoms with van der Waals surface area (Å²) in [7, 11) is 0. The molecule has 0 atom stereocenters. The van der Waals surface area contributed by atoms with Gasteiger partial charge in [0.1, 0.15) is 5.82 Å². The molecule has 0 saturated heterocycles. The number of carbonyl (C=O) groups excluding carboxylic acids is 2. The van der Waals surface area contributed by atoms with Crippen molar-refractivity contribution in [3.63, 3.8) is 0 Å². The molecule has 0 aliphatic rings. The Morgan fingerprint density at radius 2 is 1.68 bits per heavy atom. The average molecular weight is 419 g/mol. The molecule has 0 aliphatic heterocycles. The van der Waals surface area contributed by atoms with Crippen LogP contribution in [-0.4, -0.2) is 39.6 Å². The van der Waals surface area contributed by atoms with Gasteiger partial charge in [-0.15, -0.1) is 0 Å². The van der Waals surface area contributed by atoms with Crippen molar-refractivity contribution >= 4 is 17.6 Å². The molecule has 1 heterocycles. The van der Waals surface area contributed by atoms with Crippen LogP contribution in [0.25, 0.3) is 16.8 Å². The molecular formula is C25H30N4O2. The molecule has 1 N–H and O–H groups in total. The van der Waals surface area contributed by atoms with E-state index in [-0.39, 0.29) is 24.3 Å². The lowest BCUT2D eigenvalue weighted by Gasteiger charge is -2.22. The van der Waals surface area contributed by atoms with E-state index in [0.717, 1.165) is 28.1 Å². The van der Waals surface area contributed by atoms with E-state index < -0.39 is 0 Å². The van der Waals surface area contributed by atoms with Gasteiger partial charge in [0.15, 0.2) is 0 Å². The molecule has 0 saturated carbocycles.